The van der Waals surface area contributed by atoms with Crippen molar-refractivity contribution in [3.8, 4) is 5.75 Å². The minimum absolute atomic E-state index is 0.0745. The lowest BCUT2D eigenvalue weighted by molar-refractivity contribution is 0.472. The fourth-order valence-electron chi connectivity index (χ4n) is 0.682. The maximum atomic E-state index is 12.6. The maximum Gasteiger partial charge on any atom is 0.127 e. The molecule has 1 N–H and O–H groups in total. The van der Waals surface area contributed by atoms with E-state index in [2.05, 4.69) is 12.6 Å². The van der Waals surface area contributed by atoms with Gasteiger partial charge in [-0.15, -0.1) is 0 Å². The highest BCUT2D eigenvalue weighted by Crippen LogP contribution is 2.16. The van der Waals surface area contributed by atoms with Crippen LogP contribution >= 0.6 is 12.6 Å². The van der Waals surface area contributed by atoms with E-state index in [0.29, 0.717) is 11.3 Å². The standard InChI is InChI=1S/C7H7FOS/c8-7-2-1-6(9)3-5(7)4-10/h1-3,9-10H,4H2. The molecule has 0 aliphatic heterocycles. The van der Waals surface area contributed by atoms with Gasteiger partial charge in [0, 0.05) is 11.3 Å². The number of thiol groups is 1. The smallest absolute Gasteiger partial charge is 0.127 e. The Morgan fingerprint density at radius 1 is 1.50 bits per heavy atom. The largest absolute Gasteiger partial charge is 0.508 e. The summed E-state index contributed by atoms with van der Waals surface area (Å²) < 4.78 is 12.6. The van der Waals surface area contributed by atoms with Crippen molar-refractivity contribution < 1.29 is 9.50 Å². The molecule has 10 heavy (non-hydrogen) atoms. The highest BCUT2D eigenvalue weighted by molar-refractivity contribution is 7.79. The van der Waals surface area contributed by atoms with Gasteiger partial charge in [0.05, 0.1) is 0 Å². The van der Waals surface area contributed by atoms with Gasteiger partial charge in [-0.1, -0.05) is 0 Å². The Kier molecular flexibility index (Phi) is 2.17. The van der Waals surface area contributed by atoms with Gasteiger partial charge >= 0.3 is 0 Å². The van der Waals surface area contributed by atoms with Crippen LogP contribution in [0.4, 0.5) is 4.39 Å². The Morgan fingerprint density at radius 3 is 2.70 bits per heavy atom. The van der Waals surface area contributed by atoms with E-state index in [9.17, 15) is 4.39 Å². The zero-order chi connectivity index (χ0) is 7.56. The van der Waals surface area contributed by atoms with Crippen LogP contribution in [0, 0.1) is 5.82 Å². The average Bonchev–Trinajstić information content (AvgIpc) is 1.94. The molecule has 0 heterocycles. The number of phenolic OH excluding ortho intramolecular Hbond substituents is 1. The summed E-state index contributed by atoms with van der Waals surface area (Å²) in [6.45, 7) is 0. The summed E-state index contributed by atoms with van der Waals surface area (Å²) in [5.41, 5.74) is 0.420. The average molecular weight is 158 g/mol. The Hall–Kier alpha value is -0.700. The van der Waals surface area contributed by atoms with E-state index in [-0.39, 0.29) is 11.6 Å². The molecule has 0 unspecified atom stereocenters. The van der Waals surface area contributed by atoms with Gasteiger partial charge in [-0.25, -0.2) is 4.39 Å². The van der Waals surface area contributed by atoms with Crippen LogP contribution < -0.4 is 0 Å². The Labute approximate surface area is 63.9 Å². The van der Waals surface area contributed by atoms with Gasteiger partial charge in [-0.05, 0) is 18.2 Å². The molecule has 0 spiro atoms. The molecule has 0 bridgehead atoms. The third kappa shape index (κ3) is 1.42. The molecule has 1 nitrogen and oxygen atoms in total. The Balaban J connectivity index is 3.09. The number of halogens is 1. The quantitative estimate of drug-likeness (QED) is 0.599. The number of rotatable bonds is 1. The lowest BCUT2D eigenvalue weighted by Gasteiger charge is -1.97. The summed E-state index contributed by atoms with van der Waals surface area (Å²) in [5, 5.41) is 8.87. The molecule has 0 saturated heterocycles. The van der Waals surface area contributed by atoms with Crippen LogP contribution in [-0.4, -0.2) is 5.11 Å². The lowest BCUT2D eigenvalue weighted by Crippen LogP contribution is -1.83. The fourth-order valence-corrected chi connectivity index (χ4v) is 0.925. The normalized spacial score (nSPS) is 9.80. The van der Waals surface area contributed by atoms with E-state index >= 15 is 0 Å². The Bertz CT molecular complexity index is 237. The second-order valence-electron chi connectivity index (χ2n) is 1.93. The van der Waals surface area contributed by atoms with Crippen LogP contribution in [0.3, 0.4) is 0 Å². The summed E-state index contributed by atoms with van der Waals surface area (Å²) >= 11 is 3.88. The van der Waals surface area contributed by atoms with Gasteiger partial charge in [0.1, 0.15) is 11.6 Å². The number of aromatic hydroxyl groups is 1. The second-order valence-corrected chi connectivity index (χ2v) is 2.25. The van der Waals surface area contributed by atoms with Crippen molar-refractivity contribution in [2.45, 2.75) is 5.75 Å². The topological polar surface area (TPSA) is 20.2 Å². The molecule has 0 saturated carbocycles. The zero-order valence-corrected chi connectivity index (χ0v) is 6.11. The van der Waals surface area contributed by atoms with E-state index < -0.39 is 0 Å². The van der Waals surface area contributed by atoms with E-state index in [0.717, 1.165) is 0 Å². The van der Waals surface area contributed by atoms with Crippen LogP contribution in [0.1, 0.15) is 5.56 Å². The summed E-state index contributed by atoms with van der Waals surface area (Å²) in [6.07, 6.45) is 0. The molecule has 0 aromatic heterocycles. The zero-order valence-electron chi connectivity index (χ0n) is 5.21. The SMILES string of the molecule is Oc1ccc(F)c(CS)c1. The number of hydrogen-bond acceptors (Lipinski definition) is 2. The molecular weight excluding hydrogens is 151 g/mol. The first-order valence-electron chi connectivity index (χ1n) is 2.82. The van der Waals surface area contributed by atoms with Crippen molar-refractivity contribution in [2.24, 2.45) is 0 Å². The van der Waals surface area contributed by atoms with Gasteiger partial charge in [-0.2, -0.15) is 12.6 Å². The van der Waals surface area contributed by atoms with E-state index in [1.807, 2.05) is 0 Å². The van der Waals surface area contributed by atoms with Gasteiger partial charge in [-0.3, -0.25) is 0 Å². The predicted molar refractivity (Wildman–Crippen MR) is 40.8 cm³/mol. The molecule has 1 aromatic rings. The summed E-state index contributed by atoms with van der Waals surface area (Å²) in [6, 6.07) is 3.89. The molecule has 3 heteroatoms. The summed E-state index contributed by atoms with van der Waals surface area (Å²) in [7, 11) is 0. The van der Waals surface area contributed by atoms with Crippen LogP contribution in [0.2, 0.25) is 0 Å². The van der Waals surface area contributed by atoms with Gasteiger partial charge in [0.2, 0.25) is 0 Å². The van der Waals surface area contributed by atoms with Gasteiger partial charge in [0.25, 0.3) is 0 Å². The third-order valence-corrected chi connectivity index (χ3v) is 1.54. The van der Waals surface area contributed by atoms with Gasteiger partial charge < -0.3 is 5.11 Å². The monoisotopic (exact) mass is 158 g/mol. The second kappa shape index (κ2) is 2.92. The molecule has 0 radical (unpaired) electrons. The van der Waals surface area contributed by atoms with Crippen molar-refractivity contribution in [1.82, 2.24) is 0 Å². The first-order valence-corrected chi connectivity index (χ1v) is 3.45. The van der Waals surface area contributed by atoms with E-state index in [1.165, 1.54) is 18.2 Å². The first kappa shape index (κ1) is 7.41. The maximum absolute atomic E-state index is 12.6. The van der Waals surface area contributed by atoms with Crippen LogP contribution in [0.15, 0.2) is 18.2 Å². The van der Waals surface area contributed by atoms with Crippen molar-refractivity contribution in [2.75, 3.05) is 0 Å². The lowest BCUT2D eigenvalue weighted by atomic mass is 10.2. The highest BCUT2D eigenvalue weighted by Gasteiger charge is 1.99. The number of benzene rings is 1. The molecule has 54 valence electrons. The molecule has 0 fully saturated rings. The van der Waals surface area contributed by atoms with Crippen molar-refractivity contribution >= 4 is 12.6 Å². The molecule has 1 rings (SSSR count). The van der Waals surface area contributed by atoms with E-state index in [1.54, 1.807) is 0 Å². The highest BCUT2D eigenvalue weighted by atomic mass is 32.1. The van der Waals surface area contributed by atoms with E-state index in [4.69, 9.17) is 5.11 Å². The third-order valence-electron chi connectivity index (χ3n) is 1.20. The number of phenols is 1. The van der Waals surface area contributed by atoms with Crippen LogP contribution in [-0.2, 0) is 5.75 Å². The fraction of sp³-hybridized carbons (Fsp3) is 0.143. The molecule has 1 aromatic carbocycles. The Morgan fingerprint density at radius 2 is 2.20 bits per heavy atom. The molecule has 0 amide bonds. The van der Waals surface area contributed by atoms with Crippen LogP contribution in [0.5, 0.6) is 5.75 Å². The van der Waals surface area contributed by atoms with Crippen molar-refractivity contribution in [1.29, 1.82) is 0 Å². The van der Waals surface area contributed by atoms with Crippen molar-refractivity contribution in [3.63, 3.8) is 0 Å². The molecule has 0 atom stereocenters. The number of hydrogen-bond donors (Lipinski definition) is 2. The minimum atomic E-state index is -0.326. The van der Waals surface area contributed by atoms with Crippen LogP contribution in [0.25, 0.3) is 0 Å². The van der Waals surface area contributed by atoms with Gasteiger partial charge in [0.15, 0.2) is 0 Å². The first-order chi connectivity index (χ1) is 4.74. The molecular formula is C7H7FOS. The summed E-state index contributed by atoms with van der Waals surface area (Å²) in [5.74, 6) is 0.0542. The summed E-state index contributed by atoms with van der Waals surface area (Å²) in [4.78, 5) is 0. The van der Waals surface area contributed by atoms with Crippen molar-refractivity contribution in [3.05, 3.63) is 29.6 Å². The minimum Gasteiger partial charge on any atom is -0.508 e. The predicted octanol–water partition coefficient (Wildman–Crippen LogP) is 1.96. The molecule has 0 aliphatic carbocycles. The molecule has 0 aliphatic rings.